The summed E-state index contributed by atoms with van der Waals surface area (Å²) in [4.78, 5) is 16.3. The van der Waals surface area contributed by atoms with Gasteiger partial charge in [0.1, 0.15) is 0 Å². The van der Waals surface area contributed by atoms with E-state index in [4.69, 9.17) is 5.11 Å². The van der Waals surface area contributed by atoms with Crippen molar-refractivity contribution in [2.45, 2.75) is 32.7 Å². The molecule has 114 valence electrons. The van der Waals surface area contributed by atoms with Crippen molar-refractivity contribution in [1.29, 1.82) is 0 Å². The highest BCUT2D eigenvalue weighted by Gasteiger charge is 2.19. The fourth-order valence-corrected chi connectivity index (χ4v) is 2.19. The summed E-state index contributed by atoms with van der Waals surface area (Å²) in [6, 6.07) is 1.53. The maximum atomic E-state index is 12.0. The third-order valence-electron chi connectivity index (χ3n) is 3.31. The van der Waals surface area contributed by atoms with Crippen molar-refractivity contribution >= 4 is 22.8 Å². The number of nitrogens with one attached hydrogen (secondary N) is 2. The number of fused-ring (bicyclic) bond motifs is 1. The summed E-state index contributed by atoms with van der Waals surface area (Å²) in [5.41, 5.74) is 1.78. The van der Waals surface area contributed by atoms with Crippen molar-refractivity contribution in [3.63, 3.8) is 0 Å². The quantitative estimate of drug-likeness (QED) is 0.797. The van der Waals surface area contributed by atoms with Crippen LogP contribution in [0.2, 0.25) is 0 Å². The minimum Gasteiger partial charge on any atom is -0.396 e. The zero-order valence-electron chi connectivity index (χ0n) is 12.8. The third kappa shape index (κ3) is 3.49. The smallest absolute Gasteiger partial charge is 0.319 e. The molecule has 0 unspecified atom stereocenters. The second-order valence-corrected chi connectivity index (χ2v) is 5.74. The van der Waals surface area contributed by atoms with Crippen molar-refractivity contribution in [1.82, 2.24) is 20.1 Å². The molecule has 0 aliphatic carbocycles. The number of anilines is 1. The minimum atomic E-state index is -0.472. The summed E-state index contributed by atoms with van der Waals surface area (Å²) in [7, 11) is 1.83. The fourth-order valence-electron chi connectivity index (χ4n) is 2.19. The van der Waals surface area contributed by atoms with E-state index in [-0.39, 0.29) is 12.6 Å². The van der Waals surface area contributed by atoms with Gasteiger partial charge in [-0.1, -0.05) is 0 Å². The predicted molar refractivity (Wildman–Crippen MR) is 81.2 cm³/mol. The summed E-state index contributed by atoms with van der Waals surface area (Å²) in [5, 5.41) is 19.7. The van der Waals surface area contributed by atoms with Crippen LogP contribution in [-0.2, 0) is 7.05 Å². The Hall–Kier alpha value is -2.15. The molecule has 0 saturated carbocycles. The number of hydrogen-bond acceptors (Lipinski definition) is 4. The topological polar surface area (TPSA) is 92.1 Å². The van der Waals surface area contributed by atoms with Gasteiger partial charge in [-0.05, 0) is 33.3 Å². The molecule has 7 heteroatoms. The van der Waals surface area contributed by atoms with Crippen LogP contribution in [0.15, 0.2) is 12.3 Å². The Morgan fingerprint density at radius 2 is 2.19 bits per heavy atom. The molecular formula is C14H21N5O2. The van der Waals surface area contributed by atoms with Crippen LogP contribution in [0.1, 0.15) is 26.0 Å². The zero-order valence-corrected chi connectivity index (χ0v) is 12.8. The molecule has 0 fully saturated rings. The molecule has 21 heavy (non-hydrogen) atoms. The monoisotopic (exact) mass is 291 g/mol. The van der Waals surface area contributed by atoms with Crippen molar-refractivity contribution in [3.8, 4) is 0 Å². The Balaban J connectivity index is 2.13. The number of aliphatic hydroxyl groups is 1. The number of aryl methyl sites for hydroxylation is 2. The fraction of sp³-hybridized carbons (Fsp3) is 0.500. The molecule has 2 rings (SSSR count). The molecule has 0 aromatic carbocycles. The lowest BCUT2D eigenvalue weighted by Crippen LogP contribution is -2.46. The van der Waals surface area contributed by atoms with Crippen LogP contribution in [0.3, 0.4) is 0 Å². The lowest BCUT2D eigenvalue weighted by atomic mass is 10.0. The number of amides is 2. The number of pyridine rings is 1. The largest absolute Gasteiger partial charge is 0.396 e. The number of urea groups is 1. The molecule has 0 saturated heterocycles. The van der Waals surface area contributed by atoms with Gasteiger partial charge in [0.05, 0.1) is 17.6 Å². The molecule has 0 aliphatic rings. The van der Waals surface area contributed by atoms with Crippen LogP contribution in [-0.4, -0.2) is 38.0 Å². The first-order valence-corrected chi connectivity index (χ1v) is 6.82. The zero-order chi connectivity index (χ0) is 15.6. The second-order valence-electron chi connectivity index (χ2n) is 5.74. The van der Waals surface area contributed by atoms with Gasteiger partial charge in [-0.15, -0.1) is 0 Å². The Labute approximate surface area is 123 Å². The van der Waals surface area contributed by atoms with E-state index in [1.807, 2.05) is 33.9 Å². The van der Waals surface area contributed by atoms with Gasteiger partial charge in [-0.25, -0.2) is 9.78 Å². The van der Waals surface area contributed by atoms with Crippen LogP contribution in [0.5, 0.6) is 0 Å². The van der Waals surface area contributed by atoms with Gasteiger partial charge in [-0.3, -0.25) is 4.68 Å². The molecule has 2 aromatic rings. The summed E-state index contributed by atoms with van der Waals surface area (Å²) in [6.45, 7) is 5.64. The number of carbonyl (C=O) groups is 1. The first kappa shape index (κ1) is 15.2. The van der Waals surface area contributed by atoms with E-state index in [1.165, 1.54) is 0 Å². The molecule has 0 aliphatic heterocycles. The third-order valence-corrected chi connectivity index (χ3v) is 3.31. The second kappa shape index (κ2) is 5.69. The SMILES string of the molecule is Cc1nn(C)c2ncc(NC(=O)NC(C)(C)CCO)cc12. The maximum Gasteiger partial charge on any atom is 0.319 e. The first-order valence-electron chi connectivity index (χ1n) is 6.82. The van der Waals surface area contributed by atoms with Crippen LogP contribution >= 0.6 is 0 Å². The van der Waals surface area contributed by atoms with Gasteiger partial charge in [0.2, 0.25) is 0 Å². The standard InChI is InChI=1S/C14H21N5O2/c1-9-11-7-10(8-15-12(11)19(4)18-9)16-13(21)17-14(2,3)5-6-20/h7-8,20H,5-6H2,1-4H3,(H2,16,17,21). The highest BCUT2D eigenvalue weighted by atomic mass is 16.3. The summed E-state index contributed by atoms with van der Waals surface area (Å²) >= 11 is 0. The minimum absolute atomic E-state index is 0.0235. The number of hydrogen-bond donors (Lipinski definition) is 3. The maximum absolute atomic E-state index is 12.0. The van der Waals surface area contributed by atoms with E-state index < -0.39 is 5.54 Å². The molecule has 0 spiro atoms. The first-order chi connectivity index (χ1) is 9.82. The van der Waals surface area contributed by atoms with Gasteiger partial charge >= 0.3 is 6.03 Å². The van der Waals surface area contributed by atoms with E-state index in [0.717, 1.165) is 16.7 Å². The van der Waals surface area contributed by atoms with E-state index in [0.29, 0.717) is 12.1 Å². The molecule has 0 radical (unpaired) electrons. The summed E-state index contributed by atoms with van der Waals surface area (Å²) in [5.74, 6) is 0. The average Bonchev–Trinajstić information content (AvgIpc) is 2.63. The van der Waals surface area contributed by atoms with Gasteiger partial charge in [0.25, 0.3) is 0 Å². The van der Waals surface area contributed by atoms with E-state index in [9.17, 15) is 4.79 Å². The number of rotatable bonds is 4. The number of aromatic nitrogens is 3. The molecular weight excluding hydrogens is 270 g/mol. The van der Waals surface area contributed by atoms with Crippen molar-refractivity contribution < 1.29 is 9.90 Å². The Morgan fingerprint density at radius 3 is 2.86 bits per heavy atom. The lowest BCUT2D eigenvalue weighted by Gasteiger charge is -2.25. The predicted octanol–water partition coefficient (Wildman–Crippen LogP) is 1.56. The average molecular weight is 291 g/mol. The highest BCUT2D eigenvalue weighted by molar-refractivity contribution is 5.92. The molecule has 3 N–H and O–H groups in total. The van der Waals surface area contributed by atoms with Crippen molar-refractivity contribution in [3.05, 3.63) is 18.0 Å². The molecule has 2 heterocycles. The van der Waals surface area contributed by atoms with Crippen LogP contribution in [0.25, 0.3) is 11.0 Å². The molecule has 7 nitrogen and oxygen atoms in total. The summed E-state index contributed by atoms with van der Waals surface area (Å²) < 4.78 is 1.71. The Morgan fingerprint density at radius 1 is 1.48 bits per heavy atom. The van der Waals surface area contributed by atoms with Crippen LogP contribution in [0.4, 0.5) is 10.5 Å². The number of nitrogens with zero attached hydrogens (tertiary/aromatic N) is 3. The van der Waals surface area contributed by atoms with E-state index in [1.54, 1.807) is 10.9 Å². The van der Waals surface area contributed by atoms with Crippen LogP contribution in [0, 0.1) is 6.92 Å². The Kier molecular flexibility index (Phi) is 4.13. The van der Waals surface area contributed by atoms with Gasteiger partial charge in [-0.2, -0.15) is 5.10 Å². The van der Waals surface area contributed by atoms with Gasteiger partial charge in [0.15, 0.2) is 5.65 Å². The number of aliphatic hydroxyl groups excluding tert-OH is 1. The van der Waals surface area contributed by atoms with Gasteiger partial charge in [0, 0.05) is 24.6 Å². The van der Waals surface area contributed by atoms with Gasteiger partial charge < -0.3 is 15.7 Å². The number of carbonyl (C=O) groups excluding carboxylic acids is 1. The molecule has 2 amide bonds. The molecule has 0 bridgehead atoms. The Bertz CT molecular complexity index is 663. The van der Waals surface area contributed by atoms with Crippen LogP contribution < -0.4 is 10.6 Å². The van der Waals surface area contributed by atoms with E-state index >= 15 is 0 Å². The molecule has 0 atom stereocenters. The summed E-state index contributed by atoms with van der Waals surface area (Å²) in [6.07, 6.45) is 2.08. The van der Waals surface area contributed by atoms with Crippen molar-refractivity contribution in [2.24, 2.45) is 7.05 Å². The van der Waals surface area contributed by atoms with E-state index in [2.05, 4.69) is 20.7 Å². The molecule has 2 aromatic heterocycles. The lowest BCUT2D eigenvalue weighted by molar-refractivity contribution is 0.218. The van der Waals surface area contributed by atoms with Crippen molar-refractivity contribution in [2.75, 3.05) is 11.9 Å². The highest BCUT2D eigenvalue weighted by Crippen LogP contribution is 2.19. The normalized spacial score (nSPS) is 11.7.